The molecule has 1 aliphatic heterocycles. The van der Waals surface area contributed by atoms with Crippen molar-refractivity contribution in [3.8, 4) is 0 Å². The Morgan fingerprint density at radius 1 is 1.19 bits per heavy atom. The Kier molecular flexibility index (Phi) is 11.6. The molecule has 172 valence electrons. The fraction of sp³-hybridized carbons (Fsp3) is 0.571. The van der Waals surface area contributed by atoms with Crippen LogP contribution >= 0.6 is 35.6 Å². The molecular weight excluding hydrogens is 529 g/mol. The van der Waals surface area contributed by atoms with Crippen LogP contribution in [0.25, 0.3) is 0 Å². The second-order valence-electron chi connectivity index (χ2n) is 7.43. The molecule has 0 radical (unpaired) electrons. The van der Waals surface area contributed by atoms with Crippen LogP contribution in [0, 0.1) is 6.92 Å². The number of aryl methyl sites for hydroxylation is 1. The lowest BCUT2D eigenvalue weighted by molar-refractivity contribution is 0.0376. The van der Waals surface area contributed by atoms with Gasteiger partial charge in [0.2, 0.25) is 0 Å². The zero-order valence-electron chi connectivity index (χ0n) is 18.3. The number of guanidine groups is 1. The number of nitrogens with zero attached hydrogens (tertiary/aromatic N) is 5. The molecular formula is C21H33ClIN7O. The van der Waals surface area contributed by atoms with E-state index in [-0.39, 0.29) is 24.0 Å². The van der Waals surface area contributed by atoms with Crippen molar-refractivity contribution in [1.82, 2.24) is 30.3 Å². The van der Waals surface area contributed by atoms with E-state index in [4.69, 9.17) is 21.3 Å². The van der Waals surface area contributed by atoms with Gasteiger partial charge < -0.3 is 19.9 Å². The smallest absolute Gasteiger partial charge is 0.191 e. The van der Waals surface area contributed by atoms with Crippen molar-refractivity contribution in [3.63, 3.8) is 0 Å². The second kappa shape index (κ2) is 13.9. The van der Waals surface area contributed by atoms with Gasteiger partial charge in [-0.2, -0.15) is 0 Å². The molecule has 1 aromatic carbocycles. The van der Waals surface area contributed by atoms with Gasteiger partial charge in [0.1, 0.15) is 12.4 Å². The highest BCUT2D eigenvalue weighted by Gasteiger charge is 2.10. The minimum absolute atomic E-state index is 0. The van der Waals surface area contributed by atoms with Crippen LogP contribution in [0.1, 0.15) is 23.6 Å². The van der Waals surface area contributed by atoms with E-state index in [1.807, 2.05) is 36.7 Å². The highest BCUT2D eigenvalue weighted by atomic mass is 127. The average molecular weight is 562 g/mol. The summed E-state index contributed by atoms with van der Waals surface area (Å²) in [5.74, 6) is 2.52. The van der Waals surface area contributed by atoms with Gasteiger partial charge >= 0.3 is 0 Å². The molecule has 1 aromatic heterocycles. The number of rotatable bonds is 9. The van der Waals surface area contributed by atoms with E-state index in [2.05, 4.69) is 31.8 Å². The van der Waals surface area contributed by atoms with E-state index in [9.17, 15) is 0 Å². The van der Waals surface area contributed by atoms with Crippen LogP contribution in [0.4, 0.5) is 0 Å². The maximum atomic E-state index is 6.09. The van der Waals surface area contributed by atoms with Crippen molar-refractivity contribution in [2.75, 3.05) is 45.9 Å². The van der Waals surface area contributed by atoms with Crippen LogP contribution in [0.3, 0.4) is 0 Å². The predicted molar refractivity (Wildman–Crippen MR) is 135 cm³/mol. The van der Waals surface area contributed by atoms with Crippen LogP contribution in [0.2, 0.25) is 5.02 Å². The van der Waals surface area contributed by atoms with E-state index in [1.54, 1.807) is 0 Å². The van der Waals surface area contributed by atoms with Crippen molar-refractivity contribution in [3.05, 3.63) is 46.5 Å². The molecule has 0 saturated carbocycles. The summed E-state index contributed by atoms with van der Waals surface area (Å²) in [6.07, 6.45) is 1.93. The Morgan fingerprint density at radius 3 is 2.68 bits per heavy atom. The van der Waals surface area contributed by atoms with Crippen LogP contribution < -0.4 is 10.6 Å². The number of morpholine rings is 1. The average Bonchev–Trinajstić information content (AvgIpc) is 3.07. The number of hydrogen-bond donors (Lipinski definition) is 2. The van der Waals surface area contributed by atoms with Gasteiger partial charge in [-0.25, -0.2) is 4.99 Å². The van der Waals surface area contributed by atoms with Crippen molar-refractivity contribution in [2.24, 2.45) is 12.0 Å². The van der Waals surface area contributed by atoms with Crippen LogP contribution in [0.15, 0.2) is 29.3 Å². The monoisotopic (exact) mass is 561 g/mol. The fourth-order valence-electron chi connectivity index (χ4n) is 3.26. The summed E-state index contributed by atoms with van der Waals surface area (Å²) in [6.45, 7) is 8.82. The lowest BCUT2D eigenvalue weighted by atomic mass is 10.1. The number of hydrogen-bond acceptors (Lipinski definition) is 5. The van der Waals surface area contributed by atoms with Gasteiger partial charge in [0, 0.05) is 38.2 Å². The van der Waals surface area contributed by atoms with Crippen LogP contribution in [-0.4, -0.2) is 71.6 Å². The first-order valence-corrected chi connectivity index (χ1v) is 10.9. The molecule has 1 aliphatic rings. The molecule has 2 heterocycles. The highest BCUT2D eigenvalue weighted by molar-refractivity contribution is 14.0. The molecule has 10 heteroatoms. The molecule has 0 aliphatic carbocycles. The zero-order chi connectivity index (χ0) is 21.2. The van der Waals surface area contributed by atoms with Crippen molar-refractivity contribution >= 4 is 41.5 Å². The van der Waals surface area contributed by atoms with E-state index in [1.165, 1.54) is 5.56 Å². The van der Waals surface area contributed by atoms with Gasteiger partial charge in [-0.3, -0.25) is 4.90 Å². The molecule has 2 aromatic rings. The SMILES string of the molecule is Cc1nnc(CN=C(NCCCN2CCOCC2)NCCc2cccc(Cl)c2)n1C.I. The minimum Gasteiger partial charge on any atom is -0.379 e. The van der Waals surface area contributed by atoms with Crippen molar-refractivity contribution in [1.29, 1.82) is 0 Å². The number of halogens is 2. The molecule has 8 nitrogen and oxygen atoms in total. The topological polar surface area (TPSA) is 79.6 Å². The largest absolute Gasteiger partial charge is 0.379 e. The summed E-state index contributed by atoms with van der Waals surface area (Å²) in [4.78, 5) is 7.15. The lowest BCUT2D eigenvalue weighted by Crippen LogP contribution is -2.41. The lowest BCUT2D eigenvalue weighted by Gasteiger charge is -2.26. The molecule has 0 amide bonds. The summed E-state index contributed by atoms with van der Waals surface area (Å²) in [6, 6.07) is 7.96. The summed E-state index contributed by atoms with van der Waals surface area (Å²) in [7, 11) is 1.96. The molecule has 2 N–H and O–H groups in total. The number of benzene rings is 1. The van der Waals surface area contributed by atoms with Crippen molar-refractivity contribution in [2.45, 2.75) is 26.3 Å². The van der Waals surface area contributed by atoms with Gasteiger partial charge in [-0.05, 0) is 44.0 Å². The normalized spacial score (nSPS) is 14.9. The highest BCUT2D eigenvalue weighted by Crippen LogP contribution is 2.10. The van der Waals surface area contributed by atoms with Crippen LogP contribution in [0.5, 0.6) is 0 Å². The van der Waals surface area contributed by atoms with Gasteiger partial charge in [0.05, 0.1) is 13.2 Å². The van der Waals surface area contributed by atoms with Gasteiger partial charge in [0.15, 0.2) is 11.8 Å². The summed E-state index contributed by atoms with van der Waals surface area (Å²) in [5.41, 5.74) is 1.20. The summed E-state index contributed by atoms with van der Waals surface area (Å²) >= 11 is 6.09. The Morgan fingerprint density at radius 2 is 1.97 bits per heavy atom. The van der Waals surface area contributed by atoms with Gasteiger partial charge in [0.25, 0.3) is 0 Å². The molecule has 3 rings (SSSR count). The molecule has 0 unspecified atom stereocenters. The first kappa shape index (κ1) is 25.8. The number of aliphatic imine (C=N–C) groups is 1. The van der Waals surface area contributed by atoms with E-state index in [0.717, 1.165) is 81.4 Å². The summed E-state index contributed by atoms with van der Waals surface area (Å²) in [5, 5.41) is 15.9. The predicted octanol–water partition coefficient (Wildman–Crippen LogP) is 2.40. The summed E-state index contributed by atoms with van der Waals surface area (Å²) < 4.78 is 7.37. The van der Waals surface area contributed by atoms with Gasteiger partial charge in [-0.15, -0.1) is 34.2 Å². The molecule has 0 spiro atoms. The maximum Gasteiger partial charge on any atom is 0.191 e. The van der Waals surface area contributed by atoms with Gasteiger partial charge in [-0.1, -0.05) is 23.7 Å². The third-order valence-electron chi connectivity index (χ3n) is 5.20. The third kappa shape index (κ3) is 8.91. The Bertz CT molecular complexity index is 824. The van der Waals surface area contributed by atoms with Crippen LogP contribution in [-0.2, 0) is 24.8 Å². The Hall–Kier alpha value is -1.43. The van der Waals surface area contributed by atoms with E-state index in [0.29, 0.717) is 6.54 Å². The molecule has 31 heavy (non-hydrogen) atoms. The fourth-order valence-corrected chi connectivity index (χ4v) is 3.48. The first-order valence-electron chi connectivity index (χ1n) is 10.5. The minimum atomic E-state index is 0. The molecule has 0 bridgehead atoms. The van der Waals surface area contributed by atoms with Crippen molar-refractivity contribution < 1.29 is 4.74 Å². The van der Waals surface area contributed by atoms with E-state index >= 15 is 0 Å². The Labute approximate surface area is 206 Å². The quantitative estimate of drug-likeness (QED) is 0.212. The van der Waals surface area contributed by atoms with E-state index < -0.39 is 0 Å². The molecule has 0 atom stereocenters. The first-order chi connectivity index (χ1) is 14.6. The Balaban J connectivity index is 0.00000341. The molecule has 1 fully saturated rings. The third-order valence-corrected chi connectivity index (χ3v) is 5.44. The molecule has 1 saturated heterocycles. The number of aromatic nitrogens is 3. The second-order valence-corrected chi connectivity index (χ2v) is 7.86. The maximum absolute atomic E-state index is 6.09. The number of ether oxygens (including phenoxy) is 1. The zero-order valence-corrected chi connectivity index (χ0v) is 21.4. The standard InChI is InChI=1S/C21H32ClN7O.HI/c1-17-26-27-20(28(17)2)16-25-21(23-8-4-10-29-11-13-30-14-12-29)24-9-7-18-5-3-6-19(22)15-18;/h3,5-6,15H,4,7-14,16H2,1-2H3,(H2,23,24,25);1H. The number of nitrogens with one attached hydrogen (secondary N) is 2.